The molecule has 0 fully saturated rings. The first-order valence-electron chi connectivity index (χ1n) is 9.26. The predicted molar refractivity (Wildman–Crippen MR) is 109 cm³/mol. The summed E-state index contributed by atoms with van der Waals surface area (Å²) < 4.78 is 48.9. The van der Waals surface area contributed by atoms with Crippen molar-refractivity contribution in [3.05, 3.63) is 70.1 Å². The highest BCUT2D eigenvalue weighted by Gasteiger charge is 2.32. The van der Waals surface area contributed by atoms with Crippen LogP contribution in [0.1, 0.15) is 16.1 Å². The molecule has 0 saturated heterocycles. The molecule has 4 rings (SSSR count). The number of fused-ring (bicyclic) bond motifs is 1. The average molecular weight is 475 g/mol. The number of hydrogen-bond acceptors (Lipinski definition) is 9. The average Bonchev–Trinajstić information content (AvgIpc) is 2.76. The van der Waals surface area contributed by atoms with E-state index < -0.39 is 68.7 Å². The van der Waals surface area contributed by atoms with E-state index >= 15 is 0 Å². The molecule has 0 aliphatic rings. The van der Waals surface area contributed by atoms with Gasteiger partial charge in [0.25, 0.3) is 0 Å². The number of benzene rings is 2. The summed E-state index contributed by atoms with van der Waals surface area (Å²) in [4.78, 5) is 28.8. The lowest BCUT2D eigenvalue weighted by Gasteiger charge is -2.12. The van der Waals surface area contributed by atoms with Gasteiger partial charge in [0.1, 0.15) is 28.2 Å². The minimum atomic E-state index is -4.74. The van der Waals surface area contributed by atoms with E-state index in [1.165, 1.54) is 6.07 Å². The van der Waals surface area contributed by atoms with Gasteiger partial charge in [0.05, 0.1) is 5.56 Å². The van der Waals surface area contributed by atoms with Gasteiger partial charge in [-0.3, -0.25) is 9.78 Å². The van der Waals surface area contributed by atoms with Crippen LogP contribution in [-0.4, -0.2) is 31.4 Å². The Bertz CT molecular complexity index is 1490. The van der Waals surface area contributed by atoms with Crippen LogP contribution < -0.4 is 10.2 Å². The molecule has 0 saturated carbocycles. The van der Waals surface area contributed by atoms with Crippen molar-refractivity contribution in [1.82, 2.24) is 4.98 Å². The molecule has 2 heterocycles. The fourth-order valence-corrected chi connectivity index (χ4v) is 3.05. The normalized spacial score (nSPS) is 11.5. The molecule has 0 unspecified atom stereocenters. The van der Waals surface area contributed by atoms with Gasteiger partial charge in [-0.25, -0.2) is 4.79 Å². The summed E-state index contributed by atoms with van der Waals surface area (Å²) >= 11 is 0. The van der Waals surface area contributed by atoms with E-state index in [2.05, 4.69) is 4.98 Å². The molecule has 4 N–H and O–H groups in total. The Morgan fingerprint density at radius 1 is 0.941 bits per heavy atom. The Balaban J connectivity index is 1.88. The third-order valence-corrected chi connectivity index (χ3v) is 4.64. The number of ether oxygens (including phenoxy) is 1. The van der Waals surface area contributed by atoms with Gasteiger partial charge in [-0.2, -0.15) is 13.2 Å². The predicted octanol–water partition coefficient (Wildman–Crippen LogP) is 3.92. The number of phenolic OH excluding ortho intramolecular Hbond substituents is 4. The molecule has 0 atom stereocenters. The summed E-state index contributed by atoms with van der Waals surface area (Å²) in [5.41, 5.74) is -3.10. The van der Waals surface area contributed by atoms with Crippen LogP contribution in [0.25, 0.3) is 22.3 Å². The second-order valence-electron chi connectivity index (χ2n) is 6.95. The van der Waals surface area contributed by atoms with E-state index in [1.54, 1.807) is 0 Å². The standard InChI is InChI=1S/C22H12F3NO8/c23-22(24,25)16-4-2-10(8-26-16)21(32)34-20-18(31)17-14(30)6-11(27)7-15(17)33-19(20)9-1-3-12(28)13(29)5-9/h1-8,27-30H. The first-order valence-corrected chi connectivity index (χ1v) is 9.26. The van der Waals surface area contributed by atoms with E-state index in [9.17, 15) is 43.2 Å². The molecular weight excluding hydrogens is 463 g/mol. The van der Waals surface area contributed by atoms with Gasteiger partial charge in [-0.15, -0.1) is 0 Å². The third kappa shape index (κ3) is 4.03. The number of alkyl halides is 3. The number of rotatable bonds is 3. The Morgan fingerprint density at radius 2 is 1.68 bits per heavy atom. The van der Waals surface area contributed by atoms with E-state index in [0.717, 1.165) is 30.3 Å². The summed E-state index contributed by atoms with van der Waals surface area (Å²) in [5.74, 6) is -4.74. The first kappa shape index (κ1) is 22.5. The highest BCUT2D eigenvalue weighted by atomic mass is 19.4. The molecule has 0 bridgehead atoms. The minimum absolute atomic E-state index is 0.0505. The van der Waals surface area contributed by atoms with Crippen LogP contribution in [0.15, 0.2) is 57.9 Å². The summed E-state index contributed by atoms with van der Waals surface area (Å²) in [6, 6.07) is 6.44. The van der Waals surface area contributed by atoms with Gasteiger partial charge in [-0.1, -0.05) is 0 Å². The summed E-state index contributed by atoms with van der Waals surface area (Å²) in [6.45, 7) is 0. The molecule has 2 aromatic carbocycles. The second-order valence-corrected chi connectivity index (χ2v) is 6.95. The van der Waals surface area contributed by atoms with Crippen molar-refractivity contribution in [2.75, 3.05) is 0 Å². The van der Waals surface area contributed by atoms with Crippen molar-refractivity contribution >= 4 is 16.9 Å². The molecule has 12 heteroatoms. The molecule has 4 aromatic rings. The van der Waals surface area contributed by atoms with Crippen molar-refractivity contribution in [2.45, 2.75) is 6.18 Å². The van der Waals surface area contributed by atoms with E-state index in [-0.39, 0.29) is 11.1 Å². The smallest absolute Gasteiger partial charge is 0.433 e. The van der Waals surface area contributed by atoms with Gasteiger partial charge in [0.15, 0.2) is 17.3 Å². The van der Waals surface area contributed by atoms with Crippen molar-refractivity contribution in [1.29, 1.82) is 0 Å². The maximum atomic E-state index is 13.1. The highest BCUT2D eigenvalue weighted by Crippen LogP contribution is 2.38. The largest absolute Gasteiger partial charge is 0.508 e. The number of aromatic hydroxyl groups is 4. The van der Waals surface area contributed by atoms with Gasteiger partial charge in [-0.05, 0) is 30.3 Å². The topological polar surface area (TPSA) is 150 Å². The summed E-state index contributed by atoms with van der Waals surface area (Å²) in [7, 11) is 0. The molecule has 0 spiro atoms. The fourth-order valence-electron chi connectivity index (χ4n) is 3.05. The Labute approximate surface area is 186 Å². The number of carbonyl (C=O) groups is 1. The lowest BCUT2D eigenvalue weighted by atomic mass is 10.1. The highest BCUT2D eigenvalue weighted by molar-refractivity contribution is 5.94. The van der Waals surface area contributed by atoms with Gasteiger partial charge >= 0.3 is 12.1 Å². The van der Waals surface area contributed by atoms with Crippen LogP contribution in [0.2, 0.25) is 0 Å². The number of aromatic nitrogens is 1. The Hall–Kier alpha value is -4.74. The quantitative estimate of drug-likeness (QED) is 0.255. The van der Waals surface area contributed by atoms with E-state index in [1.807, 2.05) is 0 Å². The van der Waals surface area contributed by atoms with Crippen molar-refractivity contribution in [3.63, 3.8) is 0 Å². The number of pyridine rings is 1. The van der Waals surface area contributed by atoms with Gasteiger partial charge in [0, 0.05) is 23.9 Å². The van der Waals surface area contributed by atoms with Crippen LogP contribution in [-0.2, 0) is 6.18 Å². The number of halogens is 3. The van der Waals surface area contributed by atoms with Crippen LogP contribution in [0.3, 0.4) is 0 Å². The molecule has 0 aliphatic heterocycles. The lowest BCUT2D eigenvalue weighted by molar-refractivity contribution is -0.141. The fraction of sp³-hybridized carbons (Fsp3) is 0.0455. The maximum Gasteiger partial charge on any atom is 0.433 e. The number of carbonyl (C=O) groups excluding carboxylic acids is 1. The second kappa shape index (κ2) is 7.99. The van der Waals surface area contributed by atoms with E-state index in [4.69, 9.17) is 9.15 Å². The number of nitrogens with zero attached hydrogens (tertiary/aromatic N) is 1. The molecule has 34 heavy (non-hydrogen) atoms. The first-order chi connectivity index (χ1) is 16.0. The number of phenols is 4. The molecule has 0 amide bonds. The lowest BCUT2D eigenvalue weighted by Crippen LogP contribution is -2.17. The Morgan fingerprint density at radius 3 is 2.29 bits per heavy atom. The van der Waals surface area contributed by atoms with Crippen molar-refractivity contribution in [3.8, 4) is 40.1 Å². The minimum Gasteiger partial charge on any atom is -0.508 e. The summed E-state index contributed by atoms with van der Waals surface area (Å²) in [6.07, 6.45) is -4.13. The van der Waals surface area contributed by atoms with E-state index in [0.29, 0.717) is 12.3 Å². The molecule has 174 valence electrons. The van der Waals surface area contributed by atoms with Crippen LogP contribution in [0, 0.1) is 0 Å². The zero-order valence-electron chi connectivity index (χ0n) is 16.6. The zero-order chi connectivity index (χ0) is 24.8. The van der Waals surface area contributed by atoms with Gasteiger partial charge in [0.2, 0.25) is 11.2 Å². The Kier molecular flexibility index (Phi) is 5.28. The zero-order valence-corrected chi connectivity index (χ0v) is 16.6. The SMILES string of the molecule is O=C(Oc1c(-c2ccc(O)c(O)c2)oc2cc(O)cc(O)c2c1=O)c1ccc(C(F)(F)F)nc1. The molecule has 0 radical (unpaired) electrons. The monoisotopic (exact) mass is 475 g/mol. The molecule has 0 aliphatic carbocycles. The van der Waals surface area contributed by atoms with Crippen LogP contribution in [0.5, 0.6) is 28.7 Å². The molecule has 9 nitrogen and oxygen atoms in total. The molecular formula is C22H12F3NO8. The third-order valence-electron chi connectivity index (χ3n) is 4.64. The summed E-state index contributed by atoms with van der Waals surface area (Å²) in [5, 5.41) is 38.7. The maximum absolute atomic E-state index is 13.1. The number of hydrogen-bond donors (Lipinski definition) is 4. The van der Waals surface area contributed by atoms with Gasteiger partial charge < -0.3 is 29.6 Å². The number of esters is 1. The molecule has 2 aromatic heterocycles. The van der Waals surface area contributed by atoms with Crippen molar-refractivity contribution in [2.24, 2.45) is 0 Å². The van der Waals surface area contributed by atoms with Crippen LogP contribution in [0.4, 0.5) is 13.2 Å². The van der Waals surface area contributed by atoms with Crippen LogP contribution >= 0.6 is 0 Å². The van der Waals surface area contributed by atoms with Crippen molar-refractivity contribution < 1.29 is 47.5 Å².